The van der Waals surface area contributed by atoms with Crippen molar-refractivity contribution in [3.05, 3.63) is 0 Å². The molecular weight excluding hydrogens is 264 g/mol. The normalized spacial score (nSPS) is 24.0. The standard InChI is InChI=1S/C13H24N2O3S/c1-6-14-13(4,5)12(18)15-9(11(16)17)7-19-10(15)8(2)3/h8-10,14H,6-7H2,1-5H3,(H,16,17). The summed E-state index contributed by atoms with van der Waals surface area (Å²) in [5, 5.41) is 12.4. The number of carboxylic acids is 1. The molecule has 6 heteroatoms. The van der Waals surface area contributed by atoms with Crippen LogP contribution in [0.3, 0.4) is 0 Å². The highest BCUT2D eigenvalue weighted by Gasteiger charge is 2.46. The molecular formula is C13H24N2O3S. The zero-order valence-electron chi connectivity index (χ0n) is 12.3. The summed E-state index contributed by atoms with van der Waals surface area (Å²) in [7, 11) is 0. The summed E-state index contributed by atoms with van der Waals surface area (Å²) in [5.41, 5.74) is -0.736. The quantitative estimate of drug-likeness (QED) is 0.800. The van der Waals surface area contributed by atoms with Crippen molar-refractivity contribution in [2.45, 2.75) is 51.6 Å². The highest BCUT2D eigenvalue weighted by Crippen LogP contribution is 2.35. The lowest BCUT2D eigenvalue weighted by atomic mass is 10.0. The molecule has 19 heavy (non-hydrogen) atoms. The van der Waals surface area contributed by atoms with Crippen LogP contribution in [0.15, 0.2) is 0 Å². The molecule has 0 radical (unpaired) electrons. The second-order valence-corrected chi connectivity index (χ2v) is 6.84. The third-order valence-corrected chi connectivity index (χ3v) is 4.90. The predicted octanol–water partition coefficient (Wildman–Crippen LogP) is 1.39. The Morgan fingerprint density at radius 2 is 2.05 bits per heavy atom. The molecule has 2 unspecified atom stereocenters. The average molecular weight is 288 g/mol. The number of carboxylic acid groups (broad SMARTS) is 1. The minimum atomic E-state index is -0.920. The monoisotopic (exact) mass is 288 g/mol. The topological polar surface area (TPSA) is 69.6 Å². The molecule has 1 heterocycles. The summed E-state index contributed by atoms with van der Waals surface area (Å²) >= 11 is 1.55. The Morgan fingerprint density at radius 3 is 2.47 bits per heavy atom. The summed E-state index contributed by atoms with van der Waals surface area (Å²) < 4.78 is 0. The fourth-order valence-electron chi connectivity index (χ4n) is 2.33. The van der Waals surface area contributed by atoms with Gasteiger partial charge in [-0.25, -0.2) is 4.79 Å². The first kappa shape index (κ1) is 16.3. The molecule has 2 N–H and O–H groups in total. The Kier molecular flexibility index (Phi) is 5.26. The lowest BCUT2D eigenvalue weighted by Crippen LogP contribution is -2.59. The van der Waals surface area contributed by atoms with Gasteiger partial charge in [-0.1, -0.05) is 20.8 Å². The molecule has 2 atom stereocenters. The number of thioether (sulfide) groups is 1. The van der Waals surface area contributed by atoms with E-state index in [2.05, 4.69) is 5.32 Å². The molecule has 0 aromatic heterocycles. The van der Waals surface area contributed by atoms with Crippen molar-refractivity contribution in [3.8, 4) is 0 Å². The van der Waals surface area contributed by atoms with Crippen molar-refractivity contribution in [2.24, 2.45) is 5.92 Å². The molecule has 1 fully saturated rings. The summed E-state index contributed by atoms with van der Waals surface area (Å²) in [6.07, 6.45) is 0. The minimum Gasteiger partial charge on any atom is -0.480 e. The van der Waals surface area contributed by atoms with Gasteiger partial charge in [0.05, 0.1) is 10.9 Å². The van der Waals surface area contributed by atoms with Crippen LogP contribution in [0.25, 0.3) is 0 Å². The van der Waals surface area contributed by atoms with Gasteiger partial charge in [0.1, 0.15) is 6.04 Å². The first-order chi connectivity index (χ1) is 8.72. The lowest BCUT2D eigenvalue weighted by molar-refractivity contribution is -0.152. The number of hydrogen-bond acceptors (Lipinski definition) is 4. The van der Waals surface area contributed by atoms with Crippen molar-refractivity contribution in [1.29, 1.82) is 0 Å². The van der Waals surface area contributed by atoms with Crippen molar-refractivity contribution in [3.63, 3.8) is 0 Å². The van der Waals surface area contributed by atoms with E-state index < -0.39 is 17.6 Å². The van der Waals surface area contributed by atoms with Gasteiger partial charge in [0.25, 0.3) is 0 Å². The van der Waals surface area contributed by atoms with Crippen molar-refractivity contribution >= 4 is 23.6 Å². The van der Waals surface area contributed by atoms with Crippen LogP contribution in [0.1, 0.15) is 34.6 Å². The highest BCUT2D eigenvalue weighted by atomic mass is 32.2. The summed E-state index contributed by atoms with van der Waals surface area (Å²) in [5.74, 6) is -0.357. The van der Waals surface area contributed by atoms with Gasteiger partial charge >= 0.3 is 5.97 Å². The number of likely N-dealkylation sites (N-methyl/N-ethyl adjacent to an activating group) is 1. The van der Waals surface area contributed by atoms with Crippen molar-refractivity contribution < 1.29 is 14.7 Å². The van der Waals surface area contributed by atoms with Gasteiger partial charge in [0.2, 0.25) is 5.91 Å². The van der Waals surface area contributed by atoms with E-state index in [1.807, 2.05) is 20.8 Å². The van der Waals surface area contributed by atoms with Gasteiger partial charge in [-0.3, -0.25) is 4.79 Å². The van der Waals surface area contributed by atoms with Crippen LogP contribution in [-0.4, -0.2) is 51.1 Å². The van der Waals surface area contributed by atoms with Crippen LogP contribution >= 0.6 is 11.8 Å². The molecule has 0 aliphatic carbocycles. The highest BCUT2D eigenvalue weighted by molar-refractivity contribution is 8.00. The van der Waals surface area contributed by atoms with Crippen LogP contribution in [0, 0.1) is 5.92 Å². The van der Waals surface area contributed by atoms with Crippen LogP contribution in [-0.2, 0) is 9.59 Å². The fourth-order valence-corrected chi connectivity index (χ4v) is 3.80. The molecule has 1 amide bonds. The number of amides is 1. The molecule has 1 aliphatic rings. The van der Waals surface area contributed by atoms with E-state index in [1.54, 1.807) is 30.5 Å². The summed E-state index contributed by atoms with van der Waals surface area (Å²) in [4.78, 5) is 25.6. The number of rotatable bonds is 5. The van der Waals surface area contributed by atoms with Crippen LogP contribution in [0.4, 0.5) is 0 Å². The van der Waals surface area contributed by atoms with Gasteiger partial charge in [0.15, 0.2) is 0 Å². The van der Waals surface area contributed by atoms with Crippen molar-refractivity contribution in [1.82, 2.24) is 10.2 Å². The molecule has 0 aromatic carbocycles. The first-order valence-electron chi connectivity index (χ1n) is 6.64. The smallest absolute Gasteiger partial charge is 0.327 e. The maximum Gasteiger partial charge on any atom is 0.327 e. The van der Waals surface area contributed by atoms with Crippen LogP contribution < -0.4 is 5.32 Å². The maximum absolute atomic E-state index is 12.7. The maximum atomic E-state index is 12.7. The average Bonchev–Trinajstić information content (AvgIpc) is 2.71. The Labute approximate surface area is 119 Å². The zero-order valence-corrected chi connectivity index (χ0v) is 13.1. The molecule has 1 aliphatic heterocycles. The largest absolute Gasteiger partial charge is 0.480 e. The van der Waals surface area contributed by atoms with Gasteiger partial charge in [0, 0.05) is 5.75 Å². The van der Waals surface area contributed by atoms with Crippen LogP contribution in [0.5, 0.6) is 0 Å². The Hall–Kier alpha value is -0.750. The van der Waals surface area contributed by atoms with Gasteiger partial charge in [-0.15, -0.1) is 11.8 Å². The SMILES string of the molecule is CCNC(C)(C)C(=O)N1C(C(=O)O)CSC1C(C)C. The van der Waals surface area contributed by atoms with Gasteiger partial charge < -0.3 is 15.3 Å². The summed E-state index contributed by atoms with van der Waals surface area (Å²) in [6, 6.07) is -0.720. The van der Waals surface area contributed by atoms with E-state index in [-0.39, 0.29) is 17.2 Å². The zero-order chi connectivity index (χ0) is 14.8. The molecule has 110 valence electrons. The fraction of sp³-hybridized carbons (Fsp3) is 0.846. The van der Waals surface area contributed by atoms with E-state index in [1.165, 1.54) is 0 Å². The predicted molar refractivity (Wildman–Crippen MR) is 77.1 cm³/mol. The molecule has 0 bridgehead atoms. The molecule has 1 saturated heterocycles. The van der Waals surface area contributed by atoms with E-state index in [0.717, 1.165) is 0 Å². The van der Waals surface area contributed by atoms with Crippen molar-refractivity contribution in [2.75, 3.05) is 12.3 Å². The number of carbonyl (C=O) groups excluding carboxylic acids is 1. The van der Waals surface area contributed by atoms with E-state index >= 15 is 0 Å². The van der Waals surface area contributed by atoms with Gasteiger partial charge in [-0.2, -0.15) is 0 Å². The number of nitrogens with one attached hydrogen (secondary N) is 1. The molecule has 0 aromatic rings. The Balaban J connectivity index is 3.02. The van der Waals surface area contributed by atoms with Crippen LogP contribution in [0.2, 0.25) is 0 Å². The third-order valence-electron chi connectivity index (χ3n) is 3.28. The molecule has 0 spiro atoms. The second-order valence-electron chi connectivity index (χ2n) is 5.69. The number of carbonyl (C=O) groups is 2. The van der Waals surface area contributed by atoms with E-state index in [4.69, 9.17) is 0 Å². The number of hydrogen-bond donors (Lipinski definition) is 2. The number of aliphatic carboxylic acids is 1. The third kappa shape index (κ3) is 3.42. The minimum absolute atomic E-state index is 0.0634. The number of nitrogens with zero attached hydrogens (tertiary/aromatic N) is 1. The molecule has 0 saturated carbocycles. The van der Waals surface area contributed by atoms with E-state index in [9.17, 15) is 14.7 Å². The second kappa shape index (κ2) is 6.13. The molecule has 1 rings (SSSR count). The first-order valence-corrected chi connectivity index (χ1v) is 7.69. The van der Waals surface area contributed by atoms with Gasteiger partial charge in [-0.05, 0) is 26.3 Å². The summed E-state index contributed by atoms with van der Waals surface area (Å²) in [6.45, 7) is 10.2. The molecule has 5 nitrogen and oxygen atoms in total. The van der Waals surface area contributed by atoms with E-state index in [0.29, 0.717) is 12.3 Å². The Morgan fingerprint density at radius 1 is 1.47 bits per heavy atom. The Bertz CT molecular complexity index is 358. The lowest BCUT2D eigenvalue weighted by Gasteiger charge is -2.36.